The number of hydroxylamine groups is 1. The zero-order valence-corrected chi connectivity index (χ0v) is 25.8. The lowest BCUT2D eigenvalue weighted by molar-refractivity contribution is -0.140. The van der Waals surface area contributed by atoms with E-state index in [0.29, 0.717) is 51.1 Å². The summed E-state index contributed by atoms with van der Waals surface area (Å²) in [5, 5.41) is 11.6. The quantitative estimate of drug-likeness (QED) is 0.370. The Morgan fingerprint density at radius 2 is 1.63 bits per heavy atom. The molecule has 0 aliphatic carbocycles. The van der Waals surface area contributed by atoms with Gasteiger partial charge in [0.05, 0.1) is 6.20 Å². The number of aromatic nitrogens is 2. The summed E-state index contributed by atoms with van der Waals surface area (Å²) in [5.74, 6) is -0.230. The zero-order chi connectivity index (χ0) is 30.9. The number of carbonyl (C=O) groups is 3. The van der Waals surface area contributed by atoms with E-state index in [0.717, 1.165) is 36.3 Å². The van der Waals surface area contributed by atoms with Crippen molar-refractivity contribution in [2.75, 3.05) is 60.7 Å². The maximum Gasteiger partial charge on any atom is 0.434 e. The molecule has 1 aromatic heterocycles. The first-order chi connectivity index (χ1) is 20.8. The van der Waals surface area contributed by atoms with E-state index in [4.69, 9.17) is 9.82 Å². The van der Waals surface area contributed by atoms with Crippen molar-refractivity contribution in [3.8, 4) is 0 Å². The summed E-state index contributed by atoms with van der Waals surface area (Å²) in [6.45, 7) is 11.8. The molecule has 2 aliphatic heterocycles. The number of carboxylic acids is 1. The molecule has 0 radical (unpaired) electrons. The summed E-state index contributed by atoms with van der Waals surface area (Å²) in [6.07, 6.45) is 4.44. The van der Waals surface area contributed by atoms with Crippen molar-refractivity contribution >= 4 is 35.5 Å². The summed E-state index contributed by atoms with van der Waals surface area (Å²) >= 11 is 0. The number of hydrogen-bond donors (Lipinski definition) is 1. The van der Waals surface area contributed by atoms with Gasteiger partial charge in [0.15, 0.2) is 11.9 Å². The van der Waals surface area contributed by atoms with Gasteiger partial charge in [-0.15, -0.1) is 0 Å². The Morgan fingerprint density at radius 3 is 2.21 bits per heavy atom. The molecule has 2 saturated heterocycles. The second kappa shape index (κ2) is 14.9. The second-order valence-corrected chi connectivity index (χ2v) is 11.2. The number of amides is 3. The molecule has 2 aliphatic rings. The average molecular weight is 596 g/mol. The lowest BCUT2D eigenvalue weighted by Gasteiger charge is -2.37. The molecule has 234 valence electrons. The summed E-state index contributed by atoms with van der Waals surface area (Å²) < 4.78 is 0. The van der Waals surface area contributed by atoms with Gasteiger partial charge >= 0.3 is 18.1 Å². The van der Waals surface area contributed by atoms with Gasteiger partial charge in [0.2, 0.25) is 5.95 Å². The van der Waals surface area contributed by atoms with Gasteiger partial charge < -0.3 is 24.6 Å². The van der Waals surface area contributed by atoms with Crippen LogP contribution in [0.2, 0.25) is 0 Å². The molecule has 4 rings (SSSR count). The van der Waals surface area contributed by atoms with Crippen LogP contribution in [0.5, 0.6) is 0 Å². The van der Waals surface area contributed by atoms with E-state index >= 15 is 0 Å². The minimum absolute atomic E-state index is 0.0393. The van der Waals surface area contributed by atoms with Crippen LogP contribution in [0, 0.1) is 5.92 Å². The lowest BCUT2D eigenvalue weighted by Crippen LogP contribution is -2.50. The highest BCUT2D eigenvalue weighted by atomic mass is 16.7. The Kier molecular flexibility index (Phi) is 11.0. The zero-order valence-electron chi connectivity index (χ0n) is 25.8. The molecular formula is C31H45N7O5. The van der Waals surface area contributed by atoms with E-state index in [1.165, 1.54) is 0 Å². The third-order valence-electron chi connectivity index (χ3n) is 8.27. The molecule has 1 atom stereocenters. The summed E-state index contributed by atoms with van der Waals surface area (Å²) in [4.78, 5) is 62.5. The molecule has 1 aromatic carbocycles. The normalized spacial score (nSPS) is 16.1. The average Bonchev–Trinajstić information content (AvgIpc) is 3.56. The first kappa shape index (κ1) is 31.8. The number of benzene rings is 1. The SMILES string of the molecule is CCN(CC)c1ncc(N(CC)C(=O)N2CCC(C)CC2)c(N(OC(=O)N2CCCC2)C(Cc2ccccc2)C(=O)O)n1. The maximum absolute atomic E-state index is 13.9. The molecule has 1 unspecified atom stereocenters. The minimum Gasteiger partial charge on any atom is -0.480 e. The molecule has 43 heavy (non-hydrogen) atoms. The molecule has 0 bridgehead atoms. The fraction of sp³-hybridized carbons (Fsp3) is 0.581. The number of nitrogens with zero attached hydrogens (tertiary/aromatic N) is 7. The van der Waals surface area contributed by atoms with Crippen molar-refractivity contribution in [2.24, 2.45) is 5.92 Å². The summed E-state index contributed by atoms with van der Waals surface area (Å²) in [6, 6.07) is 7.65. The van der Waals surface area contributed by atoms with Crippen molar-refractivity contribution in [3.63, 3.8) is 0 Å². The predicted molar refractivity (Wildman–Crippen MR) is 165 cm³/mol. The van der Waals surface area contributed by atoms with Gasteiger partial charge in [0.25, 0.3) is 0 Å². The number of urea groups is 1. The lowest BCUT2D eigenvalue weighted by atomic mass is 9.99. The van der Waals surface area contributed by atoms with Crippen molar-refractivity contribution in [1.29, 1.82) is 0 Å². The van der Waals surface area contributed by atoms with E-state index in [-0.39, 0.29) is 30.5 Å². The van der Waals surface area contributed by atoms with Crippen LogP contribution in [0.1, 0.15) is 58.9 Å². The Morgan fingerprint density at radius 1 is 0.977 bits per heavy atom. The summed E-state index contributed by atoms with van der Waals surface area (Å²) in [5.41, 5.74) is 1.04. The molecule has 2 fully saturated rings. The van der Waals surface area contributed by atoms with Gasteiger partial charge in [-0.1, -0.05) is 37.3 Å². The molecule has 12 heteroatoms. The number of carbonyl (C=O) groups excluding carboxylic acids is 2. The largest absolute Gasteiger partial charge is 0.480 e. The fourth-order valence-corrected chi connectivity index (χ4v) is 5.55. The third-order valence-corrected chi connectivity index (χ3v) is 8.27. The molecule has 0 saturated carbocycles. The molecule has 12 nitrogen and oxygen atoms in total. The van der Waals surface area contributed by atoms with Crippen LogP contribution < -0.4 is 14.9 Å². The van der Waals surface area contributed by atoms with Crippen LogP contribution in [-0.2, 0) is 16.1 Å². The highest BCUT2D eigenvalue weighted by Crippen LogP contribution is 2.33. The predicted octanol–water partition coefficient (Wildman–Crippen LogP) is 4.65. The van der Waals surface area contributed by atoms with Gasteiger partial charge in [0, 0.05) is 52.2 Å². The van der Waals surface area contributed by atoms with Crippen LogP contribution in [-0.4, -0.2) is 94.8 Å². The Bertz CT molecular complexity index is 1230. The van der Waals surface area contributed by atoms with Crippen LogP contribution in [0.3, 0.4) is 0 Å². The van der Waals surface area contributed by atoms with Gasteiger partial charge in [-0.2, -0.15) is 10.0 Å². The monoisotopic (exact) mass is 595 g/mol. The minimum atomic E-state index is -1.32. The van der Waals surface area contributed by atoms with E-state index in [1.807, 2.05) is 60.9 Å². The molecule has 3 amide bonds. The molecule has 3 heterocycles. The van der Waals surface area contributed by atoms with Crippen molar-refractivity contribution < 1.29 is 24.3 Å². The molecular weight excluding hydrogens is 550 g/mol. The Hall–Kier alpha value is -4.09. The van der Waals surface area contributed by atoms with Gasteiger partial charge in [-0.3, -0.25) is 4.90 Å². The van der Waals surface area contributed by atoms with Crippen LogP contribution in [0.4, 0.5) is 27.0 Å². The van der Waals surface area contributed by atoms with Crippen molar-refractivity contribution in [3.05, 3.63) is 42.1 Å². The first-order valence-electron chi connectivity index (χ1n) is 15.5. The third kappa shape index (κ3) is 7.66. The van der Waals surface area contributed by atoms with Crippen LogP contribution in [0.15, 0.2) is 36.5 Å². The van der Waals surface area contributed by atoms with E-state index in [9.17, 15) is 19.5 Å². The topological polar surface area (TPSA) is 123 Å². The molecule has 0 spiro atoms. The van der Waals surface area contributed by atoms with E-state index in [2.05, 4.69) is 11.9 Å². The van der Waals surface area contributed by atoms with Crippen molar-refractivity contribution in [1.82, 2.24) is 19.8 Å². The number of hydrogen-bond acceptors (Lipinski definition) is 8. The highest BCUT2D eigenvalue weighted by Gasteiger charge is 2.37. The Labute approximate surface area is 254 Å². The number of likely N-dealkylation sites (tertiary alicyclic amines) is 2. The second-order valence-electron chi connectivity index (χ2n) is 11.2. The number of rotatable bonds is 11. The fourth-order valence-electron chi connectivity index (χ4n) is 5.55. The van der Waals surface area contributed by atoms with Crippen LogP contribution >= 0.6 is 0 Å². The van der Waals surface area contributed by atoms with Crippen molar-refractivity contribution in [2.45, 2.75) is 65.8 Å². The number of anilines is 3. The van der Waals surface area contributed by atoms with Gasteiger partial charge in [-0.05, 0) is 57.9 Å². The van der Waals surface area contributed by atoms with E-state index in [1.54, 1.807) is 16.0 Å². The first-order valence-corrected chi connectivity index (χ1v) is 15.5. The smallest absolute Gasteiger partial charge is 0.434 e. The number of aliphatic carboxylic acids is 1. The van der Waals surface area contributed by atoms with Gasteiger partial charge in [-0.25, -0.2) is 19.4 Å². The Balaban J connectivity index is 1.84. The van der Waals surface area contributed by atoms with E-state index < -0.39 is 18.1 Å². The number of piperidine rings is 1. The summed E-state index contributed by atoms with van der Waals surface area (Å²) in [7, 11) is 0. The van der Waals surface area contributed by atoms with Gasteiger partial charge in [0.1, 0.15) is 5.69 Å². The molecule has 2 aromatic rings. The maximum atomic E-state index is 13.9. The van der Waals surface area contributed by atoms with Crippen LogP contribution in [0.25, 0.3) is 0 Å². The number of carboxylic acid groups (broad SMARTS) is 1. The highest BCUT2D eigenvalue weighted by molar-refractivity contribution is 5.95. The molecule has 1 N–H and O–H groups in total. The standard InChI is InChI=1S/C31H45N7O5/c1-5-34(6-2)29-32-22-26(37(7-3)30(41)35-19-15-23(4)16-20-35)27(33-29)38(43-31(42)36-17-11-12-18-36)25(28(39)40)21-24-13-9-8-10-14-24/h8-10,13-14,22-23,25H,5-7,11-12,15-21H2,1-4H3,(H,39,40).